The van der Waals surface area contributed by atoms with Gasteiger partial charge in [0.1, 0.15) is 5.76 Å². The van der Waals surface area contributed by atoms with E-state index in [1.807, 2.05) is 0 Å². The molecule has 6 nitrogen and oxygen atoms in total. The number of hydrogen-bond acceptors (Lipinski definition) is 5. The fourth-order valence-corrected chi connectivity index (χ4v) is 1.85. The zero-order valence-corrected chi connectivity index (χ0v) is 11.0. The minimum Gasteiger partial charge on any atom is -0.447 e. The topological polar surface area (TPSA) is 91.6 Å². The SMILES string of the molecule is CNS(=O)(=O)c1ccc(CNCC(C)(C)O)o1. The third-order valence-corrected chi connectivity index (χ3v) is 3.31. The van der Waals surface area contributed by atoms with E-state index in [0.717, 1.165) is 0 Å². The van der Waals surface area contributed by atoms with Crippen molar-refractivity contribution in [2.75, 3.05) is 13.6 Å². The molecule has 17 heavy (non-hydrogen) atoms. The van der Waals surface area contributed by atoms with E-state index in [1.165, 1.54) is 13.1 Å². The Morgan fingerprint density at radius 1 is 1.41 bits per heavy atom. The average molecular weight is 262 g/mol. The maximum absolute atomic E-state index is 11.4. The Kier molecular flexibility index (Phi) is 4.31. The molecule has 7 heteroatoms. The molecular formula is C10H18N2O4S. The Hall–Kier alpha value is -0.890. The summed E-state index contributed by atoms with van der Waals surface area (Å²) >= 11 is 0. The molecule has 1 heterocycles. The molecule has 0 atom stereocenters. The molecule has 0 spiro atoms. The molecule has 0 amide bonds. The quantitative estimate of drug-likeness (QED) is 0.673. The van der Waals surface area contributed by atoms with Gasteiger partial charge in [-0.15, -0.1) is 0 Å². The number of sulfonamides is 1. The third-order valence-electron chi connectivity index (χ3n) is 2.03. The largest absolute Gasteiger partial charge is 0.447 e. The maximum atomic E-state index is 11.4. The van der Waals surface area contributed by atoms with Crippen molar-refractivity contribution in [2.45, 2.75) is 31.1 Å². The van der Waals surface area contributed by atoms with E-state index in [0.29, 0.717) is 18.8 Å². The van der Waals surface area contributed by atoms with E-state index < -0.39 is 15.6 Å². The van der Waals surface area contributed by atoms with Crippen LogP contribution >= 0.6 is 0 Å². The second kappa shape index (κ2) is 5.18. The summed E-state index contributed by atoms with van der Waals surface area (Å²) in [6.07, 6.45) is 0. The smallest absolute Gasteiger partial charge is 0.273 e. The summed E-state index contributed by atoms with van der Waals surface area (Å²) in [6, 6.07) is 2.98. The molecule has 0 saturated carbocycles. The Morgan fingerprint density at radius 3 is 2.59 bits per heavy atom. The minimum atomic E-state index is -3.52. The van der Waals surface area contributed by atoms with Crippen LogP contribution in [0.25, 0.3) is 0 Å². The van der Waals surface area contributed by atoms with Crippen LogP contribution in [-0.2, 0) is 16.6 Å². The number of aliphatic hydroxyl groups is 1. The third kappa shape index (κ3) is 4.47. The van der Waals surface area contributed by atoms with Gasteiger partial charge in [-0.2, -0.15) is 0 Å². The highest BCUT2D eigenvalue weighted by Crippen LogP contribution is 2.13. The van der Waals surface area contributed by atoms with E-state index >= 15 is 0 Å². The molecule has 0 saturated heterocycles. The lowest BCUT2D eigenvalue weighted by Crippen LogP contribution is -2.34. The molecule has 1 aromatic heterocycles. The lowest BCUT2D eigenvalue weighted by atomic mass is 10.1. The van der Waals surface area contributed by atoms with Crippen molar-refractivity contribution in [3.63, 3.8) is 0 Å². The van der Waals surface area contributed by atoms with Crippen LogP contribution in [0.3, 0.4) is 0 Å². The Morgan fingerprint density at radius 2 is 2.06 bits per heavy atom. The van der Waals surface area contributed by atoms with Gasteiger partial charge >= 0.3 is 0 Å². The van der Waals surface area contributed by atoms with Gasteiger partial charge in [-0.3, -0.25) is 0 Å². The first-order valence-electron chi connectivity index (χ1n) is 5.20. The molecule has 0 aromatic carbocycles. The summed E-state index contributed by atoms with van der Waals surface area (Å²) in [6.45, 7) is 4.11. The molecule has 0 aliphatic rings. The van der Waals surface area contributed by atoms with Crippen LogP contribution in [0, 0.1) is 0 Å². The lowest BCUT2D eigenvalue weighted by molar-refractivity contribution is 0.0789. The van der Waals surface area contributed by atoms with Gasteiger partial charge in [0.05, 0.1) is 12.1 Å². The van der Waals surface area contributed by atoms with Gasteiger partial charge < -0.3 is 14.8 Å². The van der Waals surface area contributed by atoms with Gasteiger partial charge in [0.2, 0.25) is 5.09 Å². The predicted octanol–water partition coefficient (Wildman–Crippen LogP) is 0.0482. The summed E-state index contributed by atoms with van der Waals surface area (Å²) in [4.78, 5) is 0. The highest BCUT2D eigenvalue weighted by atomic mass is 32.2. The van der Waals surface area contributed by atoms with Crippen LogP contribution in [0.15, 0.2) is 21.6 Å². The predicted molar refractivity (Wildman–Crippen MR) is 63.0 cm³/mol. The number of hydrogen-bond donors (Lipinski definition) is 3. The van der Waals surface area contributed by atoms with Crippen molar-refractivity contribution in [1.29, 1.82) is 0 Å². The molecular weight excluding hydrogens is 244 g/mol. The van der Waals surface area contributed by atoms with Crippen LogP contribution in [0.4, 0.5) is 0 Å². The van der Waals surface area contributed by atoms with Crippen molar-refractivity contribution in [2.24, 2.45) is 0 Å². The van der Waals surface area contributed by atoms with Crippen LogP contribution in [0.5, 0.6) is 0 Å². The van der Waals surface area contributed by atoms with Crippen LogP contribution < -0.4 is 10.0 Å². The van der Waals surface area contributed by atoms with E-state index in [9.17, 15) is 13.5 Å². The molecule has 0 radical (unpaired) electrons. The van der Waals surface area contributed by atoms with Gasteiger partial charge in [-0.05, 0) is 33.0 Å². The summed E-state index contributed by atoms with van der Waals surface area (Å²) in [7, 11) is -2.20. The normalized spacial score (nSPS) is 12.9. The van der Waals surface area contributed by atoms with Crippen LogP contribution in [0.1, 0.15) is 19.6 Å². The van der Waals surface area contributed by atoms with Gasteiger partial charge in [-0.1, -0.05) is 0 Å². The Balaban J connectivity index is 2.58. The first-order chi connectivity index (χ1) is 7.74. The molecule has 0 unspecified atom stereocenters. The van der Waals surface area contributed by atoms with Gasteiger partial charge in [0, 0.05) is 6.54 Å². The molecule has 0 fully saturated rings. The zero-order chi connectivity index (χ0) is 13.1. The Labute approximate surface area is 101 Å². The standard InChI is InChI=1S/C10H18N2O4S/c1-10(2,13)7-12-6-8-4-5-9(16-8)17(14,15)11-3/h4-5,11-13H,6-7H2,1-3H3. The highest BCUT2D eigenvalue weighted by Gasteiger charge is 2.17. The van der Waals surface area contributed by atoms with Gasteiger partial charge in [0.25, 0.3) is 10.0 Å². The number of rotatable bonds is 6. The number of nitrogens with one attached hydrogen (secondary N) is 2. The summed E-state index contributed by atoms with van der Waals surface area (Å²) in [5, 5.41) is 12.3. The molecule has 98 valence electrons. The molecule has 0 aliphatic heterocycles. The fourth-order valence-electron chi connectivity index (χ4n) is 1.19. The summed E-state index contributed by atoms with van der Waals surface area (Å²) in [5.41, 5.74) is -0.813. The molecule has 3 N–H and O–H groups in total. The monoisotopic (exact) mass is 262 g/mol. The van der Waals surface area contributed by atoms with Crippen molar-refractivity contribution >= 4 is 10.0 Å². The van der Waals surface area contributed by atoms with Crippen molar-refractivity contribution in [3.8, 4) is 0 Å². The molecule has 0 aliphatic carbocycles. The van der Waals surface area contributed by atoms with Gasteiger partial charge in [-0.25, -0.2) is 13.1 Å². The molecule has 1 rings (SSSR count). The van der Waals surface area contributed by atoms with Crippen LogP contribution in [0.2, 0.25) is 0 Å². The van der Waals surface area contributed by atoms with E-state index in [4.69, 9.17) is 4.42 Å². The Bertz CT molecular complexity index is 459. The summed E-state index contributed by atoms with van der Waals surface area (Å²) in [5.74, 6) is 0.503. The van der Waals surface area contributed by atoms with Crippen LogP contribution in [-0.4, -0.2) is 32.7 Å². The zero-order valence-electron chi connectivity index (χ0n) is 10.1. The molecule has 0 bridgehead atoms. The van der Waals surface area contributed by atoms with E-state index in [-0.39, 0.29) is 5.09 Å². The van der Waals surface area contributed by atoms with Crippen molar-refractivity contribution in [3.05, 3.63) is 17.9 Å². The number of furan rings is 1. The fraction of sp³-hybridized carbons (Fsp3) is 0.600. The van der Waals surface area contributed by atoms with Crippen molar-refractivity contribution in [1.82, 2.24) is 10.0 Å². The van der Waals surface area contributed by atoms with Crippen molar-refractivity contribution < 1.29 is 17.9 Å². The second-order valence-corrected chi connectivity index (χ2v) is 6.16. The molecule has 1 aromatic rings. The first kappa shape index (κ1) is 14.2. The maximum Gasteiger partial charge on any atom is 0.273 e. The average Bonchev–Trinajstić information content (AvgIpc) is 2.65. The lowest BCUT2D eigenvalue weighted by Gasteiger charge is -2.16. The highest BCUT2D eigenvalue weighted by molar-refractivity contribution is 7.89. The van der Waals surface area contributed by atoms with Gasteiger partial charge in [0.15, 0.2) is 0 Å². The minimum absolute atomic E-state index is 0.111. The second-order valence-electron chi connectivity index (χ2n) is 4.34. The van der Waals surface area contributed by atoms with E-state index in [2.05, 4.69) is 10.0 Å². The van der Waals surface area contributed by atoms with E-state index in [1.54, 1.807) is 19.9 Å². The summed E-state index contributed by atoms with van der Waals surface area (Å²) < 4.78 is 30.1. The first-order valence-corrected chi connectivity index (χ1v) is 6.68.